The zero-order valence-corrected chi connectivity index (χ0v) is 11.2. The first-order valence-corrected chi connectivity index (χ1v) is 6.59. The maximum Gasteiger partial charge on any atom is 0.269 e. The van der Waals surface area contributed by atoms with E-state index in [-0.39, 0.29) is 11.8 Å². The van der Waals surface area contributed by atoms with Gasteiger partial charge in [0.1, 0.15) is 0 Å². The number of aliphatic hydroxyl groups excluding tert-OH is 1. The van der Waals surface area contributed by atoms with Crippen molar-refractivity contribution in [2.45, 2.75) is 19.1 Å². The van der Waals surface area contributed by atoms with Crippen molar-refractivity contribution in [3.05, 3.63) is 40.3 Å². The summed E-state index contributed by atoms with van der Waals surface area (Å²) in [6.45, 7) is 1.91. The fourth-order valence-corrected chi connectivity index (χ4v) is 2.32. The van der Waals surface area contributed by atoms with Crippen LogP contribution in [-0.2, 0) is 6.54 Å². The summed E-state index contributed by atoms with van der Waals surface area (Å²) in [7, 11) is 0. The second kappa shape index (κ2) is 5.58. The van der Waals surface area contributed by atoms with Crippen molar-refractivity contribution in [3.63, 3.8) is 0 Å². The van der Waals surface area contributed by atoms with Crippen molar-refractivity contribution in [1.29, 1.82) is 0 Å². The molecule has 8 heteroatoms. The molecule has 1 aromatic heterocycles. The van der Waals surface area contributed by atoms with Crippen LogP contribution in [0.1, 0.15) is 12.3 Å². The number of nitro groups is 1. The standard InChI is InChI=1S/C13H14N4O4/c18-11-5-6-16(7-11)8-12-14-13(15-21-12)9-1-3-10(4-2-9)17(19)20/h1-4,11,18H,5-8H2/t11-/m0/s1. The lowest BCUT2D eigenvalue weighted by molar-refractivity contribution is -0.384. The first-order chi connectivity index (χ1) is 10.1. The van der Waals surface area contributed by atoms with Crippen LogP contribution in [-0.4, -0.2) is 44.3 Å². The van der Waals surface area contributed by atoms with Crippen LogP contribution < -0.4 is 0 Å². The molecule has 110 valence electrons. The van der Waals surface area contributed by atoms with Crippen LogP contribution in [0, 0.1) is 10.1 Å². The third-order valence-electron chi connectivity index (χ3n) is 3.41. The van der Waals surface area contributed by atoms with Crippen LogP contribution in [0.2, 0.25) is 0 Å². The van der Waals surface area contributed by atoms with Gasteiger partial charge in [0, 0.05) is 30.8 Å². The third kappa shape index (κ3) is 3.06. The molecule has 0 unspecified atom stereocenters. The molecule has 0 aliphatic carbocycles. The van der Waals surface area contributed by atoms with Gasteiger partial charge in [0.2, 0.25) is 11.7 Å². The topological polar surface area (TPSA) is 106 Å². The van der Waals surface area contributed by atoms with E-state index in [4.69, 9.17) is 4.52 Å². The fourth-order valence-electron chi connectivity index (χ4n) is 2.32. The molecule has 0 amide bonds. The molecule has 1 N–H and O–H groups in total. The van der Waals surface area contributed by atoms with Crippen LogP contribution in [0.15, 0.2) is 28.8 Å². The maximum atomic E-state index is 10.6. The number of benzene rings is 1. The molecule has 3 rings (SSSR count). The molecule has 0 saturated carbocycles. The van der Waals surface area contributed by atoms with E-state index in [9.17, 15) is 15.2 Å². The highest BCUT2D eigenvalue weighted by molar-refractivity contribution is 5.56. The van der Waals surface area contributed by atoms with Crippen molar-refractivity contribution >= 4 is 5.69 Å². The molecule has 1 atom stereocenters. The van der Waals surface area contributed by atoms with Gasteiger partial charge in [0.05, 0.1) is 17.6 Å². The number of non-ortho nitro benzene ring substituents is 1. The van der Waals surface area contributed by atoms with E-state index in [1.165, 1.54) is 12.1 Å². The average molecular weight is 290 g/mol. The second-order valence-electron chi connectivity index (χ2n) is 4.99. The Hall–Kier alpha value is -2.32. The van der Waals surface area contributed by atoms with Crippen molar-refractivity contribution in [3.8, 4) is 11.4 Å². The molecule has 1 aromatic carbocycles. The fraction of sp³-hybridized carbons (Fsp3) is 0.385. The Labute approximate surface area is 120 Å². The normalized spacial score (nSPS) is 19.0. The van der Waals surface area contributed by atoms with E-state index in [1.54, 1.807) is 12.1 Å². The van der Waals surface area contributed by atoms with Crippen LogP contribution >= 0.6 is 0 Å². The lowest BCUT2D eigenvalue weighted by Gasteiger charge is -2.10. The van der Waals surface area contributed by atoms with Gasteiger partial charge in [-0.1, -0.05) is 5.16 Å². The summed E-state index contributed by atoms with van der Waals surface area (Å²) in [5.41, 5.74) is 0.686. The molecule has 1 fully saturated rings. The molecule has 1 aliphatic rings. The number of nitrogens with zero attached hydrogens (tertiary/aromatic N) is 4. The first-order valence-electron chi connectivity index (χ1n) is 6.59. The maximum absolute atomic E-state index is 10.6. The minimum Gasteiger partial charge on any atom is -0.392 e. The van der Waals surface area contributed by atoms with Gasteiger partial charge in [-0.05, 0) is 18.6 Å². The molecule has 8 nitrogen and oxygen atoms in total. The molecule has 1 aliphatic heterocycles. The van der Waals surface area contributed by atoms with Crippen LogP contribution in [0.25, 0.3) is 11.4 Å². The summed E-state index contributed by atoms with van der Waals surface area (Å²) < 4.78 is 5.18. The zero-order valence-electron chi connectivity index (χ0n) is 11.2. The predicted octanol–water partition coefficient (Wildman–Crippen LogP) is 1.21. The summed E-state index contributed by atoms with van der Waals surface area (Å²) in [5, 5.41) is 23.9. The quantitative estimate of drug-likeness (QED) is 0.666. The van der Waals surface area contributed by atoms with Gasteiger partial charge in [-0.15, -0.1) is 0 Å². The van der Waals surface area contributed by atoms with E-state index in [0.717, 1.165) is 13.0 Å². The van der Waals surface area contributed by atoms with Gasteiger partial charge in [0.15, 0.2) is 0 Å². The minimum atomic E-state index is -0.454. The average Bonchev–Trinajstić information content (AvgIpc) is 3.09. The molecule has 2 heterocycles. The van der Waals surface area contributed by atoms with Gasteiger partial charge >= 0.3 is 0 Å². The summed E-state index contributed by atoms with van der Waals surface area (Å²) in [6, 6.07) is 5.99. The summed E-state index contributed by atoms with van der Waals surface area (Å²) in [6.07, 6.45) is 0.464. The van der Waals surface area contributed by atoms with E-state index in [0.29, 0.717) is 30.4 Å². The van der Waals surface area contributed by atoms with E-state index in [2.05, 4.69) is 10.1 Å². The molecule has 1 saturated heterocycles. The summed E-state index contributed by atoms with van der Waals surface area (Å²) in [4.78, 5) is 16.5. The smallest absolute Gasteiger partial charge is 0.269 e. The van der Waals surface area contributed by atoms with Crippen molar-refractivity contribution < 1.29 is 14.6 Å². The van der Waals surface area contributed by atoms with Gasteiger partial charge in [-0.25, -0.2) is 0 Å². The van der Waals surface area contributed by atoms with Gasteiger partial charge in [-0.3, -0.25) is 15.0 Å². The number of aromatic nitrogens is 2. The van der Waals surface area contributed by atoms with Gasteiger partial charge < -0.3 is 9.63 Å². The molecule has 0 radical (unpaired) electrons. The highest BCUT2D eigenvalue weighted by atomic mass is 16.6. The zero-order chi connectivity index (χ0) is 14.8. The number of β-amino-alcohol motifs (C(OH)–C–C–N with tert-alkyl or cyclic N) is 1. The predicted molar refractivity (Wildman–Crippen MR) is 72.3 cm³/mol. The number of nitro benzene ring substituents is 1. The molecular weight excluding hydrogens is 276 g/mol. The lowest BCUT2D eigenvalue weighted by atomic mass is 10.2. The van der Waals surface area contributed by atoms with Crippen molar-refractivity contribution in [2.24, 2.45) is 0 Å². The number of aliphatic hydroxyl groups is 1. The Bertz CT molecular complexity index is 640. The Morgan fingerprint density at radius 2 is 2.19 bits per heavy atom. The highest BCUT2D eigenvalue weighted by Crippen LogP contribution is 2.20. The second-order valence-corrected chi connectivity index (χ2v) is 4.99. The number of rotatable bonds is 4. The molecular formula is C13H14N4O4. The van der Waals surface area contributed by atoms with Crippen molar-refractivity contribution in [2.75, 3.05) is 13.1 Å². The highest BCUT2D eigenvalue weighted by Gasteiger charge is 2.22. The van der Waals surface area contributed by atoms with Crippen LogP contribution in [0.5, 0.6) is 0 Å². The monoisotopic (exact) mass is 290 g/mol. The Morgan fingerprint density at radius 3 is 2.81 bits per heavy atom. The lowest BCUT2D eigenvalue weighted by Crippen LogP contribution is -2.21. The molecule has 0 bridgehead atoms. The molecule has 0 spiro atoms. The Balaban J connectivity index is 1.70. The van der Waals surface area contributed by atoms with Crippen LogP contribution in [0.4, 0.5) is 5.69 Å². The number of likely N-dealkylation sites (tertiary alicyclic amines) is 1. The number of hydrogen-bond acceptors (Lipinski definition) is 7. The Morgan fingerprint density at radius 1 is 1.43 bits per heavy atom. The van der Waals surface area contributed by atoms with Gasteiger partial charge in [0.25, 0.3) is 5.69 Å². The van der Waals surface area contributed by atoms with Crippen molar-refractivity contribution in [1.82, 2.24) is 15.0 Å². The largest absolute Gasteiger partial charge is 0.392 e. The van der Waals surface area contributed by atoms with E-state index in [1.807, 2.05) is 4.90 Å². The van der Waals surface area contributed by atoms with Gasteiger partial charge in [-0.2, -0.15) is 4.98 Å². The Kier molecular flexibility index (Phi) is 3.63. The SMILES string of the molecule is O=[N+]([O-])c1ccc(-c2noc(CN3CC[C@H](O)C3)n2)cc1. The third-order valence-corrected chi connectivity index (χ3v) is 3.41. The summed E-state index contributed by atoms with van der Waals surface area (Å²) >= 11 is 0. The van der Waals surface area contributed by atoms with E-state index < -0.39 is 4.92 Å². The minimum absolute atomic E-state index is 0.0218. The number of hydrogen-bond donors (Lipinski definition) is 1. The first kappa shape index (κ1) is 13.7. The summed E-state index contributed by atoms with van der Waals surface area (Å²) in [5.74, 6) is 0.872. The van der Waals surface area contributed by atoms with E-state index >= 15 is 0 Å². The molecule has 2 aromatic rings. The molecule has 21 heavy (non-hydrogen) atoms. The van der Waals surface area contributed by atoms with Crippen LogP contribution in [0.3, 0.4) is 0 Å².